The topological polar surface area (TPSA) is 71.0 Å². The highest BCUT2D eigenvalue weighted by Gasteiger charge is 2.31. The van der Waals surface area contributed by atoms with Crippen LogP contribution >= 0.6 is 0 Å². The molecule has 162 valence electrons. The number of ether oxygens (including phenoxy) is 2. The lowest BCUT2D eigenvalue weighted by atomic mass is 9.96. The molecule has 0 radical (unpaired) electrons. The molecule has 2 aromatic carbocycles. The van der Waals surface area contributed by atoms with Gasteiger partial charge in [-0.2, -0.15) is 0 Å². The Kier molecular flexibility index (Phi) is 7.71. The van der Waals surface area contributed by atoms with Crippen LogP contribution in [0.1, 0.15) is 30.4 Å². The summed E-state index contributed by atoms with van der Waals surface area (Å²) in [6, 6.07) is 15.5. The Balaban J connectivity index is 1.42. The monoisotopic (exact) mass is 412 g/mol. The van der Waals surface area contributed by atoms with Crippen molar-refractivity contribution in [1.82, 2.24) is 10.2 Å². The Bertz CT molecular complexity index is 807. The maximum atomic E-state index is 12.4. The number of amides is 1. The number of carbonyl (C=O) groups is 1. The van der Waals surface area contributed by atoms with Gasteiger partial charge in [0.25, 0.3) is 0 Å². The summed E-state index contributed by atoms with van der Waals surface area (Å²) in [7, 11) is 1.63. The van der Waals surface area contributed by atoms with E-state index in [4.69, 9.17) is 9.47 Å². The zero-order valence-corrected chi connectivity index (χ0v) is 17.9. The van der Waals surface area contributed by atoms with Gasteiger partial charge in [-0.05, 0) is 62.6 Å². The maximum Gasteiger partial charge on any atom is 0.234 e. The minimum atomic E-state index is -0.862. The normalized spacial score (nSPS) is 19.7. The number of methoxy groups -OCH3 is 1. The van der Waals surface area contributed by atoms with Crippen molar-refractivity contribution < 1.29 is 19.4 Å². The molecular formula is C24H32N2O4. The fourth-order valence-electron chi connectivity index (χ4n) is 3.59. The Morgan fingerprint density at radius 2 is 1.77 bits per heavy atom. The highest BCUT2D eigenvalue weighted by Crippen LogP contribution is 2.24. The van der Waals surface area contributed by atoms with Gasteiger partial charge in [0.05, 0.1) is 19.3 Å². The lowest BCUT2D eigenvalue weighted by Gasteiger charge is -2.27. The van der Waals surface area contributed by atoms with Crippen LogP contribution in [0.25, 0.3) is 0 Å². The zero-order valence-electron chi connectivity index (χ0n) is 17.9. The molecule has 6 nitrogen and oxygen atoms in total. The number of aryl methyl sites for hydroxylation is 1. The molecule has 0 aromatic heterocycles. The Morgan fingerprint density at radius 1 is 1.07 bits per heavy atom. The predicted molar refractivity (Wildman–Crippen MR) is 117 cm³/mol. The molecule has 1 saturated heterocycles. The summed E-state index contributed by atoms with van der Waals surface area (Å²) < 4.78 is 11.0. The van der Waals surface area contributed by atoms with E-state index in [-0.39, 0.29) is 12.5 Å². The number of carbonyl (C=O) groups excluding carboxylic acids is 1. The average Bonchev–Trinajstić information content (AvgIpc) is 2.94. The summed E-state index contributed by atoms with van der Waals surface area (Å²) in [5.41, 5.74) is 1.35. The number of nitrogens with one attached hydrogen (secondary N) is 1. The highest BCUT2D eigenvalue weighted by molar-refractivity contribution is 5.78. The molecule has 1 atom stereocenters. The van der Waals surface area contributed by atoms with Crippen molar-refractivity contribution in [3.63, 3.8) is 0 Å². The third-order valence-corrected chi connectivity index (χ3v) is 5.55. The second-order valence-corrected chi connectivity index (χ2v) is 8.08. The number of hydrogen-bond donors (Lipinski definition) is 2. The smallest absolute Gasteiger partial charge is 0.234 e. The van der Waals surface area contributed by atoms with Crippen molar-refractivity contribution in [3.05, 3.63) is 59.7 Å². The van der Waals surface area contributed by atoms with Gasteiger partial charge in [-0.1, -0.05) is 29.8 Å². The molecule has 2 N–H and O–H groups in total. The molecular weight excluding hydrogens is 380 g/mol. The molecule has 3 rings (SSSR count). The molecule has 1 unspecified atom stereocenters. The van der Waals surface area contributed by atoms with Gasteiger partial charge in [0.2, 0.25) is 5.91 Å². The van der Waals surface area contributed by atoms with E-state index in [0.29, 0.717) is 32.5 Å². The summed E-state index contributed by atoms with van der Waals surface area (Å²) in [6.07, 6.45) is 2.09. The quantitative estimate of drug-likeness (QED) is 0.698. The van der Waals surface area contributed by atoms with Crippen LogP contribution in [0.2, 0.25) is 0 Å². The summed E-state index contributed by atoms with van der Waals surface area (Å²) in [5, 5.41) is 13.9. The average molecular weight is 413 g/mol. The molecule has 2 aromatic rings. The van der Waals surface area contributed by atoms with Gasteiger partial charge in [0, 0.05) is 13.1 Å². The van der Waals surface area contributed by atoms with Gasteiger partial charge in [-0.15, -0.1) is 0 Å². The lowest BCUT2D eigenvalue weighted by molar-refractivity contribution is -0.122. The zero-order chi connectivity index (χ0) is 21.4. The molecule has 1 heterocycles. The molecule has 1 fully saturated rings. The van der Waals surface area contributed by atoms with Crippen molar-refractivity contribution >= 4 is 5.91 Å². The van der Waals surface area contributed by atoms with E-state index in [0.717, 1.165) is 30.0 Å². The molecule has 1 aliphatic rings. The van der Waals surface area contributed by atoms with E-state index >= 15 is 0 Å². The van der Waals surface area contributed by atoms with Crippen LogP contribution < -0.4 is 14.8 Å². The van der Waals surface area contributed by atoms with E-state index in [1.54, 1.807) is 7.11 Å². The summed E-state index contributed by atoms with van der Waals surface area (Å²) in [5.74, 6) is 1.56. The minimum Gasteiger partial charge on any atom is -0.497 e. The van der Waals surface area contributed by atoms with Crippen LogP contribution in [-0.4, -0.2) is 54.9 Å². The molecule has 6 heteroatoms. The van der Waals surface area contributed by atoms with Crippen LogP contribution in [0.5, 0.6) is 11.5 Å². The number of aliphatic hydroxyl groups is 1. The largest absolute Gasteiger partial charge is 0.497 e. The Hall–Kier alpha value is -2.57. The van der Waals surface area contributed by atoms with Crippen molar-refractivity contribution in [2.24, 2.45) is 0 Å². The predicted octanol–water partition coefficient (Wildman–Crippen LogP) is 2.92. The SMILES string of the molecule is COc1ccc(CNC(=O)CN2CCCC(O)(COc3ccc(C)cc3)CC2)cc1. The van der Waals surface area contributed by atoms with Crippen LogP contribution in [0.4, 0.5) is 0 Å². The van der Waals surface area contributed by atoms with Gasteiger partial charge >= 0.3 is 0 Å². The van der Waals surface area contributed by atoms with E-state index in [9.17, 15) is 9.90 Å². The lowest BCUT2D eigenvalue weighted by Crippen LogP contribution is -2.40. The van der Waals surface area contributed by atoms with E-state index < -0.39 is 5.60 Å². The summed E-state index contributed by atoms with van der Waals surface area (Å²) >= 11 is 0. The first-order valence-corrected chi connectivity index (χ1v) is 10.5. The van der Waals surface area contributed by atoms with Gasteiger partial charge < -0.3 is 19.9 Å². The fraction of sp³-hybridized carbons (Fsp3) is 0.458. The molecule has 0 bridgehead atoms. The highest BCUT2D eigenvalue weighted by atomic mass is 16.5. The molecule has 0 spiro atoms. The van der Waals surface area contributed by atoms with E-state index in [1.165, 1.54) is 5.56 Å². The third kappa shape index (κ3) is 6.75. The Morgan fingerprint density at radius 3 is 2.47 bits per heavy atom. The number of benzene rings is 2. The van der Waals surface area contributed by atoms with Crippen molar-refractivity contribution in [3.8, 4) is 11.5 Å². The van der Waals surface area contributed by atoms with Crippen molar-refractivity contribution in [2.75, 3.05) is 33.4 Å². The van der Waals surface area contributed by atoms with Crippen LogP contribution in [0.15, 0.2) is 48.5 Å². The maximum absolute atomic E-state index is 12.4. The number of rotatable bonds is 8. The second kappa shape index (κ2) is 10.5. The first-order valence-electron chi connectivity index (χ1n) is 10.5. The van der Waals surface area contributed by atoms with Gasteiger partial charge in [-0.3, -0.25) is 9.69 Å². The van der Waals surface area contributed by atoms with E-state index in [2.05, 4.69) is 10.2 Å². The van der Waals surface area contributed by atoms with Gasteiger partial charge in [0.15, 0.2) is 0 Å². The van der Waals surface area contributed by atoms with Gasteiger partial charge in [0.1, 0.15) is 18.1 Å². The molecule has 0 saturated carbocycles. The Labute approximate surface area is 178 Å². The fourth-order valence-corrected chi connectivity index (χ4v) is 3.59. The standard InChI is InChI=1S/C24H32N2O4/c1-19-4-8-22(9-5-19)30-18-24(28)12-3-14-26(15-13-24)17-23(27)25-16-20-6-10-21(29-2)11-7-20/h4-11,28H,3,12-18H2,1-2H3,(H,25,27). The molecule has 0 aliphatic carbocycles. The van der Waals surface area contributed by atoms with E-state index in [1.807, 2.05) is 55.5 Å². The molecule has 1 amide bonds. The number of nitrogens with zero attached hydrogens (tertiary/aromatic N) is 1. The minimum absolute atomic E-state index is 0.00726. The second-order valence-electron chi connectivity index (χ2n) is 8.08. The number of likely N-dealkylation sites (tertiary alicyclic amines) is 1. The third-order valence-electron chi connectivity index (χ3n) is 5.55. The van der Waals surface area contributed by atoms with Crippen molar-refractivity contribution in [1.29, 1.82) is 0 Å². The molecule has 30 heavy (non-hydrogen) atoms. The van der Waals surface area contributed by atoms with Crippen LogP contribution in [0.3, 0.4) is 0 Å². The van der Waals surface area contributed by atoms with Crippen LogP contribution in [-0.2, 0) is 11.3 Å². The molecule has 1 aliphatic heterocycles. The summed E-state index contributed by atoms with van der Waals surface area (Å²) in [6.45, 7) is 4.60. The first kappa shape index (κ1) is 22.1. The van der Waals surface area contributed by atoms with Crippen LogP contribution in [0, 0.1) is 6.92 Å². The summed E-state index contributed by atoms with van der Waals surface area (Å²) in [4.78, 5) is 14.5. The van der Waals surface area contributed by atoms with Crippen molar-refractivity contribution in [2.45, 2.75) is 38.3 Å². The number of hydrogen-bond acceptors (Lipinski definition) is 5. The van der Waals surface area contributed by atoms with Gasteiger partial charge in [-0.25, -0.2) is 0 Å². The first-order chi connectivity index (χ1) is 14.5.